The second-order valence-corrected chi connectivity index (χ2v) is 6.73. The van der Waals surface area contributed by atoms with Crippen molar-refractivity contribution in [1.29, 1.82) is 0 Å². The van der Waals surface area contributed by atoms with E-state index in [9.17, 15) is 9.59 Å². The first-order valence-corrected chi connectivity index (χ1v) is 7.17. The number of carbonyl (C=O) groups excluding carboxylic acids is 2. The van der Waals surface area contributed by atoms with Crippen molar-refractivity contribution in [2.75, 3.05) is 19.7 Å². The SMILES string of the molecule is CCOC(=O)CN(CC(C)C)C(=O)C(C)(C)C(C)(C)N. The van der Waals surface area contributed by atoms with Gasteiger partial charge in [-0.05, 0) is 40.5 Å². The summed E-state index contributed by atoms with van der Waals surface area (Å²) in [5, 5.41) is 0. The average Bonchev–Trinajstić information content (AvgIpc) is 2.25. The molecule has 2 N–H and O–H groups in total. The first kappa shape index (κ1) is 18.9. The maximum Gasteiger partial charge on any atom is 0.325 e. The molecule has 0 saturated heterocycles. The molecule has 0 aromatic rings. The molecule has 0 bridgehead atoms. The summed E-state index contributed by atoms with van der Waals surface area (Å²) in [4.78, 5) is 25.9. The molecule has 5 heteroatoms. The van der Waals surface area contributed by atoms with E-state index in [4.69, 9.17) is 10.5 Å². The summed E-state index contributed by atoms with van der Waals surface area (Å²) in [6, 6.07) is 0. The Morgan fingerprint density at radius 1 is 1.20 bits per heavy atom. The number of nitrogens with two attached hydrogens (primary N) is 1. The molecule has 0 unspecified atom stereocenters. The first-order chi connectivity index (χ1) is 8.93. The zero-order valence-electron chi connectivity index (χ0n) is 13.9. The van der Waals surface area contributed by atoms with Gasteiger partial charge in [0.05, 0.1) is 12.0 Å². The smallest absolute Gasteiger partial charge is 0.325 e. The molecule has 0 aromatic heterocycles. The Balaban J connectivity index is 5.13. The number of carbonyl (C=O) groups is 2. The van der Waals surface area contributed by atoms with E-state index in [0.717, 1.165) is 0 Å². The first-order valence-electron chi connectivity index (χ1n) is 7.17. The van der Waals surface area contributed by atoms with E-state index >= 15 is 0 Å². The number of hydrogen-bond acceptors (Lipinski definition) is 4. The summed E-state index contributed by atoms with van der Waals surface area (Å²) in [5.41, 5.74) is 4.68. The second kappa shape index (κ2) is 7.07. The lowest BCUT2D eigenvalue weighted by atomic mass is 9.74. The van der Waals surface area contributed by atoms with Gasteiger partial charge in [0.1, 0.15) is 6.54 Å². The molecule has 5 nitrogen and oxygen atoms in total. The average molecular weight is 286 g/mol. The van der Waals surface area contributed by atoms with Crippen LogP contribution in [0.2, 0.25) is 0 Å². The quantitative estimate of drug-likeness (QED) is 0.724. The lowest BCUT2D eigenvalue weighted by Gasteiger charge is -2.40. The van der Waals surface area contributed by atoms with Gasteiger partial charge in [-0.15, -0.1) is 0 Å². The van der Waals surface area contributed by atoms with Gasteiger partial charge in [-0.1, -0.05) is 13.8 Å². The number of amides is 1. The Hall–Kier alpha value is -1.10. The molecule has 0 heterocycles. The monoisotopic (exact) mass is 286 g/mol. The lowest BCUT2D eigenvalue weighted by molar-refractivity contribution is -0.154. The van der Waals surface area contributed by atoms with Crippen LogP contribution in [0.1, 0.15) is 48.5 Å². The molecular formula is C15H30N2O3. The van der Waals surface area contributed by atoms with E-state index in [1.807, 2.05) is 41.5 Å². The molecule has 0 aromatic carbocycles. The van der Waals surface area contributed by atoms with Crippen LogP contribution in [0.4, 0.5) is 0 Å². The largest absolute Gasteiger partial charge is 0.465 e. The Bertz CT molecular complexity index is 344. The van der Waals surface area contributed by atoms with Crippen LogP contribution in [0, 0.1) is 11.3 Å². The minimum absolute atomic E-state index is 0.0234. The van der Waals surface area contributed by atoms with Crippen LogP contribution in [0.25, 0.3) is 0 Å². The van der Waals surface area contributed by atoms with Crippen molar-refractivity contribution in [2.45, 2.75) is 54.0 Å². The maximum atomic E-state index is 12.7. The van der Waals surface area contributed by atoms with Gasteiger partial charge in [0.15, 0.2) is 0 Å². The summed E-state index contributed by atoms with van der Waals surface area (Å²) in [6.45, 7) is 13.8. The lowest BCUT2D eigenvalue weighted by Crippen LogP contribution is -2.57. The van der Waals surface area contributed by atoms with Gasteiger partial charge in [0.2, 0.25) is 5.91 Å². The molecule has 1 amide bonds. The summed E-state index contributed by atoms with van der Waals surface area (Å²) in [5.74, 6) is -0.232. The van der Waals surface area contributed by atoms with Gasteiger partial charge in [0, 0.05) is 12.1 Å². The van der Waals surface area contributed by atoms with Crippen LogP contribution in [0.15, 0.2) is 0 Å². The normalized spacial score (nSPS) is 12.4. The molecule has 0 spiro atoms. The summed E-state index contributed by atoms with van der Waals surface area (Å²) >= 11 is 0. The van der Waals surface area contributed by atoms with E-state index in [1.165, 1.54) is 0 Å². The van der Waals surface area contributed by atoms with Crippen molar-refractivity contribution in [3.63, 3.8) is 0 Å². The molecule has 118 valence electrons. The highest BCUT2D eigenvalue weighted by atomic mass is 16.5. The fourth-order valence-electron chi connectivity index (χ4n) is 1.69. The molecule has 0 aliphatic rings. The van der Waals surface area contributed by atoms with E-state index in [1.54, 1.807) is 11.8 Å². The van der Waals surface area contributed by atoms with Gasteiger partial charge in [-0.2, -0.15) is 0 Å². The van der Waals surface area contributed by atoms with Crippen LogP contribution in [-0.2, 0) is 14.3 Å². The van der Waals surface area contributed by atoms with Gasteiger partial charge in [-0.3, -0.25) is 9.59 Å². The molecule has 0 aliphatic carbocycles. The van der Waals surface area contributed by atoms with E-state index in [-0.39, 0.29) is 24.3 Å². The summed E-state index contributed by atoms with van der Waals surface area (Å²) < 4.78 is 4.94. The molecule has 0 fully saturated rings. The topological polar surface area (TPSA) is 72.6 Å². The van der Waals surface area contributed by atoms with E-state index in [0.29, 0.717) is 13.2 Å². The van der Waals surface area contributed by atoms with Crippen molar-refractivity contribution in [3.8, 4) is 0 Å². The Labute approximate surface area is 122 Å². The molecule has 0 aliphatic heterocycles. The molecule has 0 radical (unpaired) electrons. The fraction of sp³-hybridized carbons (Fsp3) is 0.867. The number of esters is 1. The number of nitrogens with zero attached hydrogens (tertiary/aromatic N) is 1. The fourth-order valence-corrected chi connectivity index (χ4v) is 1.69. The minimum Gasteiger partial charge on any atom is -0.465 e. The number of rotatable bonds is 7. The highest BCUT2D eigenvalue weighted by Gasteiger charge is 2.43. The third kappa shape index (κ3) is 5.12. The van der Waals surface area contributed by atoms with Crippen LogP contribution >= 0.6 is 0 Å². The molecule has 0 saturated carbocycles. The standard InChI is InChI=1S/C15H30N2O3/c1-8-20-12(18)10-17(9-11(2)3)13(19)14(4,5)15(6,7)16/h11H,8-10,16H2,1-7H3. The summed E-state index contributed by atoms with van der Waals surface area (Å²) in [6.07, 6.45) is 0. The van der Waals surface area contributed by atoms with Gasteiger partial charge < -0.3 is 15.4 Å². The zero-order chi connectivity index (χ0) is 16.1. The molecule has 0 atom stereocenters. The molecule has 20 heavy (non-hydrogen) atoms. The highest BCUT2D eigenvalue weighted by Crippen LogP contribution is 2.30. The Kier molecular flexibility index (Phi) is 6.68. The van der Waals surface area contributed by atoms with Crippen LogP contribution in [0.5, 0.6) is 0 Å². The van der Waals surface area contributed by atoms with Crippen molar-refractivity contribution in [3.05, 3.63) is 0 Å². The second-order valence-electron chi connectivity index (χ2n) is 6.73. The minimum atomic E-state index is -0.756. The van der Waals surface area contributed by atoms with Crippen LogP contribution in [-0.4, -0.2) is 42.0 Å². The van der Waals surface area contributed by atoms with E-state index < -0.39 is 11.0 Å². The van der Waals surface area contributed by atoms with Crippen molar-refractivity contribution >= 4 is 11.9 Å². The number of ether oxygens (including phenoxy) is 1. The van der Waals surface area contributed by atoms with Gasteiger partial charge in [-0.25, -0.2) is 0 Å². The zero-order valence-corrected chi connectivity index (χ0v) is 13.9. The van der Waals surface area contributed by atoms with Gasteiger partial charge in [0.25, 0.3) is 0 Å². The van der Waals surface area contributed by atoms with Gasteiger partial charge >= 0.3 is 5.97 Å². The van der Waals surface area contributed by atoms with Crippen molar-refractivity contribution in [2.24, 2.45) is 17.1 Å². The summed E-state index contributed by atoms with van der Waals surface area (Å²) in [7, 11) is 0. The Morgan fingerprint density at radius 2 is 1.70 bits per heavy atom. The highest BCUT2D eigenvalue weighted by molar-refractivity contribution is 5.87. The van der Waals surface area contributed by atoms with Crippen molar-refractivity contribution < 1.29 is 14.3 Å². The maximum absolute atomic E-state index is 12.7. The third-order valence-corrected chi connectivity index (χ3v) is 3.64. The van der Waals surface area contributed by atoms with Crippen molar-refractivity contribution in [1.82, 2.24) is 4.90 Å². The predicted molar refractivity (Wildman–Crippen MR) is 80.1 cm³/mol. The van der Waals surface area contributed by atoms with Crippen LogP contribution in [0.3, 0.4) is 0 Å². The third-order valence-electron chi connectivity index (χ3n) is 3.64. The Morgan fingerprint density at radius 3 is 2.05 bits per heavy atom. The molecular weight excluding hydrogens is 256 g/mol. The molecule has 0 rings (SSSR count). The van der Waals surface area contributed by atoms with E-state index in [2.05, 4.69) is 0 Å². The predicted octanol–water partition coefficient (Wildman–Crippen LogP) is 1.80. The number of hydrogen-bond donors (Lipinski definition) is 1. The van der Waals surface area contributed by atoms with Crippen LogP contribution < -0.4 is 5.73 Å².